The molecule has 0 spiro atoms. The maximum atomic E-state index is 11.6. The molecule has 0 bridgehead atoms. The van der Waals surface area contributed by atoms with Crippen LogP contribution in [0.5, 0.6) is 0 Å². The second-order valence-electron chi connectivity index (χ2n) is 6.11. The first kappa shape index (κ1) is 17.6. The van der Waals surface area contributed by atoms with Gasteiger partial charge < -0.3 is 15.3 Å². The number of nitrogens with zero attached hydrogens (tertiary/aromatic N) is 3. The van der Waals surface area contributed by atoms with Gasteiger partial charge in [-0.25, -0.2) is 18.5 Å². The van der Waals surface area contributed by atoms with Crippen molar-refractivity contribution in [3.05, 3.63) is 41.6 Å². The molecule has 0 radical (unpaired) electrons. The lowest BCUT2D eigenvalue weighted by atomic mass is 10.00. The number of hydrogen-bond donors (Lipinski definition) is 3. The molecule has 0 saturated heterocycles. The van der Waals surface area contributed by atoms with Crippen LogP contribution in [0.3, 0.4) is 0 Å². The van der Waals surface area contributed by atoms with Crippen LogP contribution in [-0.4, -0.2) is 42.7 Å². The highest BCUT2D eigenvalue weighted by Gasteiger charge is 2.20. The highest BCUT2D eigenvalue weighted by Crippen LogP contribution is 2.25. The Morgan fingerprint density at radius 2 is 2.16 bits per heavy atom. The molecule has 134 valence electrons. The molecule has 0 aliphatic carbocycles. The number of primary sulfonamides is 1. The van der Waals surface area contributed by atoms with Crippen LogP contribution in [0.1, 0.15) is 18.1 Å². The molecule has 0 amide bonds. The molecule has 8 nitrogen and oxygen atoms in total. The van der Waals surface area contributed by atoms with Crippen molar-refractivity contribution in [1.82, 2.24) is 9.97 Å². The van der Waals surface area contributed by atoms with Crippen molar-refractivity contribution in [2.45, 2.75) is 30.8 Å². The fraction of sp³-hybridized carbons (Fsp3) is 0.375. The summed E-state index contributed by atoms with van der Waals surface area (Å²) in [5.41, 5.74) is 2.04. The summed E-state index contributed by atoms with van der Waals surface area (Å²) in [6, 6.07) is 6.67. The SMILES string of the molecule is C[C@H](CO)Nc1nccc(N2CCc3ccc(S(N)(=O)=O)cc3C2)n1. The summed E-state index contributed by atoms with van der Waals surface area (Å²) >= 11 is 0. The van der Waals surface area contributed by atoms with E-state index in [0.717, 1.165) is 29.9 Å². The van der Waals surface area contributed by atoms with E-state index < -0.39 is 10.0 Å². The third kappa shape index (κ3) is 4.06. The van der Waals surface area contributed by atoms with Crippen LogP contribution >= 0.6 is 0 Å². The molecule has 2 aromatic rings. The van der Waals surface area contributed by atoms with Crippen molar-refractivity contribution >= 4 is 21.8 Å². The van der Waals surface area contributed by atoms with E-state index in [0.29, 0.717) is 12.5 Å². The monoisotopic (exact) mass is 363 g/mol. The first-order valence-corrected chi connectivity index (χ1v) is 9.51. The summed E-state index contributed by atoms with van der Waals surface area (Å²) in [5, 5.41) is 17.4. The molecule has 4 N–H and O–H groups in total. The molecule has 2 heterocycles. The first-order valence-electron chi connectivity index (χ1n) is 7.97. The summed E-state index contributed by atoms with van der Waals surface area (Å²) in [6.45, 7) is 3.14. The number of nitrogens with one attached hydrogen (secondary N) is 1. The van der Waals surface area contributed by atoms with Gasteiger partial charge in [0, 0.05) is 25.3 Å². The van der Waals surface area contributed by atoms with Gasteiger partial charge in [0.25, 0.3) is 0 Å². The summed E-state index contributed by atoms with van der Waals surface area (Å²) in [7, 11) is -3.72. The Morgan fingerprint density at radius 3 is 2.88 bits per heavy atom. The highest BCUT2D eigenvalue weighted by atomic mass is 32.2. The molecule has 25 heavy (non-hydrogen) atoms. The molecule has 1 aromatic carbocycles. The van der Waals surface area contributed by atoms with Crippen LogP contribution in [0.25, 0.3) is 0 Å². The van der Waals surface area contributed by atoms with Crippen LogP contribution in [0.15, 0.2) is 35.4 Å². The number of aromatic nitrogens is 2. The lowest BCUT2D eigenvalue weighted by Crippen LogP contribution is -2.31. The number of sulfonamides is 1. The van der Waals surface area contributed by atoms with Crippen molar-refractivity contribution in [3.63, 3.8) is 0 Å². The van der Waals surface area contributed by atoms with E-state index in [2.05, 4.69) is 20.2 Å². The van der Waals surface area contributed by atoms with E-state index in [9.17, 15) is 8.42 Å². The molecule has 3 rings (SSSR count). The van der Waals surface area contributed by atoms with Gasteiger partial charge in [0.2, 0.25) is 16.0 Å². The van der Waals surface area contributed by atoms with E-state index in [1.807, 2.05) is 19.1 Å². The van der Waals surface area contributed by atoms with Crippen LogP contribution in [0.4, 0.5) is 11.8 Å². The Bertz CT molecular complexity index is 872. The van der Waals surface area contributed by atoms with Gasteiger partial charge in [-0.3, -0.25) is 0 Å². The zero-order valence-electron chi connectivity index (χ0n) is 13.9. The highest BCUT2D eigenvalue weighted by molar-refractivity contribution is 7.89. The number of nitrogens with two attached hydrogens (primary N) is 1. The average molecular weight is 363 g/mol. The molecule has 1 aliphatic rings. The zero-order chi connectivity index (χ0) is 18.0. The van der Waals surface area contributed by atoms with Crippen LogP contribution < -0.4 is 15.4 Å². The van der Waals surface area contributed by atoms with Gasteiger partial charge in [0.15, 0.2) is 0 Å². The minimum atomic E-state index is -3.72. The van der Waals surface area contributed by atoms with Gasteiger partial charge >= 0.3 is 0 Å². The molecular weight excluding hydrogens is 342 g/mol. The number of anilines is 2. The standard InChI is InChI=1S/C16H21N5O3S/c1-11(10-22)19-16-18-6-4-15(20-16)21-7-5-12-2-3-14(25(17,23)24)8-13(12)9-21/h2-4,6,8,11,22H,5,7,9-10H2,1H3,(H2,17,23,24)(H,18,19,20)/t11-/m1/s1. The van der Waals surface area contributed by atoms with Crippen LogP contribution in [0.2, 0.25) is 0 Å². The number of aliphatic hydroxyl groups is 1. The van der Waals surface area contributed by atoms with E-state index in [1.54, 1.807) is 18.3 Å². The van der Waals surface area contributed by atoms with E-state index >= 15 is 0 Å². The summed E-state index contributed by atoms with van der Waals surface area (Å²) in [6.07, 6.45) is 2.45. The normalized spacial score (nSPS) is 15.6. The van der Waals surface area contributed by atoms with Crippen molar-refractivity contribution in [1.29, 1.82) is 0 Å². The summed E-state index contributed by atoms with van der Waals surface area (Å²) in [4.78, 5) is 10.8. The number of benzene rings is 1. The van der Waals surface area contributed by atoms with Gasteiger partial charge in [0.1, 0.15) is 5.82 Å². The predicted octanol–water partition coefficient (Wildman–Crippen LogP) is 0.479. The Balaban J connectivity index is 1.84. The van der Waals surface area contributed by atoms with Crippen molar-refractivity contribution < 1.29 is 13.5 Å². The maximum Gasteiger partial charge on any atom is 0.238 e. The minimum Gasteiger partial charge on any atom is -0.394 e. The van der Waals surface area contributed by atoms with E-state index in [-0.39, 0.29) is 17.5 Å². The number of hydrogen-bond acceptors (Lipinski definition) is 7. The van der Waals surface area contributed by atoms with Gasteiger partial charge in [-0.2, -0.15) is 4.98 Å². The summed E-state index contributed by atoms with van der Waals surface area (Å²) in [5.74, 6) is 1.19. The molecule has 9 heteroatoms. The Kier molecular flexibility index (Phi) is 4.89. The number of fused-ring (bicyclic) bond motifs is 1. The molecule has 1 aliphatic heterocycles. The van der Waals surface area contributed by atoms with Crippen molar-refractivity contribution in [3.8, 4) is 0 Å². The largest absolute Gasteiger partial charge is 0.394 e. The average Bonchev–Trinajstić information content (AvgIpc) is 2.60. The lowest BCUT2D eigenvalue weighted by Gasteiger charge is -2.30. The third-order valence-corrected chi connectivity index (χ3v) is 5.04. The molecule has 1 aromatic heterocycles. The van der Waals surface area contributed by atoms with Crippen LogP contribution in [-0.2, 0) is 23.0 Å². The molecule has 0 unspecified atom stereocenters. The predicted molar refractivity (Wildman–Crippen MR) is 94.8 cm³/mol. The smallest absolute Gasteiger partial charge is 0.238 e. The molecular formula is C16H21N5O3S. The Morgan fingerprint density at radius 1 is 1.36 bits per heavy atom. The maximum absolute atomic E-state index is 11.6. The summed E-state index contributed by atoms with van der Waals surface area (Å²) < 4.78 is 23.1. The van der Waals surface area contributed by atoms with E-state index in [1.165, 1.54) is 0 Å². The van der Waals surface area contributed by atoms with Gasteiger partial charge in [-0.1, -0.05) is 6.07 Å². The second kappa shape index (κ2) is 6.95. The zero-order valence-corrected chi connectivity index (χ0v) is 14.7. The molecule has 0 fully saturated rings. The van der Waals surface area contributed by atoms with Gasteiger partial charge in [0.05, 0.1) is 11.5 Å². The number of aliphatic hydroxyl groups excluding tert-OH is 1. The molecule has 0 saturated carbocycles. The third-order valence-electron chi connectivity index (χ3n) is 4.13. The topological polar surface area (TPSA) is 121 Å². The van der Waals surface area contributed by atoms with Gasteiger partial charge in [-0.15, -0.1) is 0 Å². The van der Waals surface area contributed by atoms with Crippen molar-refractivity contribution in [2.24, 2.45) is 5.14 Å². The van der Waals surface area contributed by atoms with Crippen LogP contribution in [0, 0.1) is 0 Å². The van der Waals surface area contributed by atoms with Crippen molar-refractivity contribution in [2.75, 3.05) is 23.4 Å². The lowest BCUT2D eigenvalue weighted by molar-refractivity contribution is 0.281. The minimum absolute atomic E-state index is 0.0129. The fourth-order valence-corrected chi connectivity index (χ4v) is 3.33. The number of rotatable bonds is 5. The Labute approximate surface area is 146 Å². The first-order chi connectivity index (χ1) is 11.9. The molecule has 1 atom stereocenters. The quantitative estimate of drug-likeness (QED) is 0.706. The fourth-order valence-electron chi connectivity index (χ4n) is 2.77. The second-order valence-corrected chi connectivity index (χ2v) is 7.67. The van der Waals surface area contributed by atoms with E-state index in [4.69, 9.17) is 10.2 Å². The Hall–Kier alpha value is -2.23. The van der Waals surface area contributed by atoms with Gasteiger partial charge in [-0.05, 0) is 42.7 Å².